The van der Waals surface area contributed by atoms with Crippen molar-refractivity contribution in [3.8, 4) is 11.1 Å². The van der Waals surface area contributed by atoms with Crippen molar-refractivity contribution in [2.24, 2.45) is 10.9 Å². The summed E-state index contributed by atoms with van der Waals surface area (Å²) >= 11 is 0. The Bertz CT molecular complexity index is 1850. The Morgan fingerprint density at radius 2 is 1.67 bits per heavy atom. The van der Waals surface area contributed by atoms with Gasteiger partial charge >= 0.3 is 6.09 Å². The number of allylic oxidation sites excluding steroid dienone is 1. The number of rotatable bonds is 13. The van der Waals surface area contributed by atoms with E-state index in [-0.39, 0.29) is 48.5 Å². The second-order valence-corrected chi connectivity index (χ2v) is 13.8. The zero-order valence-electron chi connectivity index (χ0n) is 30.4. The molecule has 3 aliphatic heterocycles. The first-order chi connectivity index (χ1) is 25.2. The lowest BCUT2D eigenvalue weighted by Gasteiger charge is -2.28. The summed E-state index contributed by atoms with van der Waals surface area (Å²) in [6, 6.07) is 12.4. The van der Waals surface area contributed by atoms with E-state index in [1.165, 1.54) is 19.1 Å². The van der Waals surface area contributed by atoms with E-state index in [4.69, 9.17) is 19.0 Å². The fourth-order valence-electron chi connectivity index (χ4n) is 7.53. The highest BCUT2D eigenvalue weighted by Gasteiger charge is 2.38. The molecule has 6 rings (SSSR count). The van der Waals surface area contributed by atoms with Crippen molar-refractivity contribution < 1.29 is 33.2 Å². The largest absolute Gasteiger partial charge is 0.453 e. The van der Waals surface area contributed by atoms with E-state index in [1.54, 1.807) is 0 Å². The van der Waals surface area contributed by atoms with Crippen LogP contribution in [0.3, 0.4) is 0 Å². The SMILES string of the molecule is CCC[C@H](C)C(=O)N1CCC[C@H]1C1=NC=C(c2ccc(-c3ccc4onc(NC(=O)[C@@H]5CCCN5C(=O)[C@H](CCOC)NC(=O)OC)c4c3)cc2)C1. The third-order valence-corrected chi connectivity index (χ3v) is 10.3. The van der Waals surface area contributed by atoms with Gasteiger partial charge in [0.05, 0.1) is 18.5 Å². The number of ether oxygens (including phenoxy) is 2. The Hall–Kier alpha value is -5.04. The molecular weight excluding hydrogens is 664 g/mol. The van der Waals surface area contributed by atoms with Crippen LogP contribution >= 0.6 is 0 Å². The quantitative estimate of drug-likeness (QED) is 0.225. The van der Waals surface area contributed by atoms with Crippen molar-refractivity contribution in [3.05, 3.63) is 54.2 Å². The lowest BCUT2D eigenvalue weighted by atomic mass is 9.96. The highest BCUT2D eigenvalue weighted by Crippen LogP contribution is 2.34. The molecular formula is C39H48N6O7. The third kappa shape index (κ3) is 7.89. The molecule has 0 radical (unpaired) electrons. The highest BCUT2D eigenvalue weighted by molar-refractivity contribution is 6.05. The summed E-state index contributed by atoms with van der Waals surface area (Å²) < 4.78 is 15.4. The first-order valence-electron chi connectivity index (χ1n) is 18.2. The average Bonchev–Trinajstić information content (AvgIpc) is 3.99. The molecule has 4 atom stereocenters. The van der Waals surface area contributed by atoms with Crippen molar-refractivity contribution >= 4 is 51.9 Å². The molecule has 276 valence electrons. The minimum atomic E-state index is -0.894. The predicted octanol–water partition coefficient (Wildman–Crippen LogP) is 5.80. The van der Waals surface area contributed by atoms with Crippen LogP contribution in [-0.4, -0.2) is 96.5 Å². The van der Waals surface area contributed by atoms with Gasteiger partial charge in [0.2, 0.25) is 17.7 Å². The Morgan fingerprint density at radius 1 is 0.942 bits per heavy atom. The second-order valence-electron chi connectivity index (χ2n) is 13.8. The molecule has 2 fully saturated rings. The predicted molar refractivity (Wildman–Crippen MR) is 197 cm³/mol. The standard InChI is InChI=1S/C39H48N6O7/c1-5-8-24(2)37(47)44-18-6-9-32(44)31-22-28(23-40-31)26-13-11-25(12-14-26)27-15-16-34-29(21-27)35(43-52-34)42-36(46)33-10-7-19-45(33)38(48)30(17-20-50-3)41-39(49)51-4/h11-16,21,23-24,30,32-33H,5-10,17-20,22H2,1-4H3,(H,41,49)(H,42,43,46)/t24-,30-,32-,33-/m0/s1. The topological polar surface area (TPSA) is 156 Å². The lowest BCUT2D eigenvalue weighted by Crippen LogP contribution is -2.52. The molecule has 3 aromatic rings. The van der Waals surface area contributed by atoms with Crippen LogP contribution in [-0.2, 0) is 23.9 Å². The van der Waals surface area contributed by atoms with Gasteiger partial charge in [-0.2, -0.15) is 0 Å². The Morgan fingerprint density at radius 3 is 2.42 bits per heavy atom. The summed E-state index contributed by atoms with van der Waals surface area (Å²) in [5.41, 5.74) is 5.69. The number of methoxy groups -OCH3 is 2. The van der Waals surface area contributed by atoms with Crippen molar-refractivity contribution in [1.29, 1.82) is 0 Å². The number of aromatic nitrogens is 1. The molecule has 0 bridgehead atoms. The van der Waals surface area contributed by atoms with Gasteiger partial charge in [0.1, 0.15) is 12.1 Å². The summed E-state index contributed by atoms with van der Waals surface area (Å²) in [4.78, 5) is 60.4. The summed E-state index contributed by atoms with van der Waals surface area (Å²) in [6.45, 7) is 5.57. The number of hydrogen-bond acceptors (Lipinski definition) is 9. The van der Waals surface area contributed by atoms with Crippen LogP contribution in [0.15, 0.2) is 58.2 Å². The van der Waals surface area contributed by atoms with Crippen LogP contribution in [0.2, 0.25) is 0 Å². The van der Waals surface area contributed by atoms with Gasteiger partial charge in [-0.05, 0) is 66.5 Å². The number of amides is 4. The Kier molecular flexibility index (Phi) is 11.7. The number of fused-ring (bicyclic) bond motifs is 1. The molecule has 13 nitrogen and oxygen atoms in total. The first kappa shape index (κ1) is 36.7. The number of nitrogens with zero attached hydrogens (tertiary/aromatic N) is 4. The molecule has 0 spiro atoms. The molecule has 2 N–H and O–H groups in total. The van der Waals surface area contributed by atoms with Gasteiger partial charge in [-0.15, -0.1) is 0 Å². The Labute approximate surface area is 303 Å². The van der Waals surface area contributed by atoms with Gasteiger partial charge in [0.15, 0.2) is 11.4 Å². The lowest BCUT2D eigenvalue weighted by molar-refractivity contribution is -0.138. The van der Waals surface area contributed by atoms with E-state index in [0.29, 0.717) is 30.4 Å². The van der Waals surface area contributed by atoms with Crippen molar-refractivity contribution in [3.63, 3.8) is 0 Å². The molecule has 4 heterocycles. The number of nitrogens with one attached hydrogen (secondary N) is 2. The molecule has 2 aromatic carbocycles. The van der Waals surface area contributed by atoms with Gasteiger partial charge in [-0.1, -0.05) is 55.8 Å². The smallest absolute Gasteiger partial charge is 0.407 e. The molecule has 3 aliphatic rings. The van der Waals surface area contributed by atoms with E-state index >= 15 is 0 Å². The van der Waals surface area contributed by atoms with Crippen LogP contribution in [0.25, 0.3) is 27.7 Å². The van der Waals surface area contributed by atoms with Gasteiger partial charge < -0.3 is 34.4 Å². The fourth-order valence-corrected chi connectivity index (χ4v) is 7.53. The molecule has 2 saturated heterocycles. The second kappa shape index (κ2) is 16.5. The van der Waals surface area contributed by atoms with Crippen LogP contribution < -0.4 is 10.6 Å². The number of alkyl carbamates (subject to hydrolysis) is 1. The minimum absolute atomic E-state index is 0.0351. The van der Waals surface area contributed by atoms with Crippen molar-refractivity contribution in [2.75, 3.05) is 39.2 Å². The van der Waals surface area contributed by atoms with E-state index in [1.807, 2.05) is 36.2 Å². The van der Waals surface area contributed by atoms with E-state index in [2.05, 4.69) is 47.0 Å². The van der Waals surface area contributed by atoms with Crippen molar-refractivity contribution in [1.82, 2.24) is 20.3 Å². The summed E-state index contributed by atoms with van der Waals surface area (Å²) in [6.07, 6.45) is 7.14. The fraction of sp³-hybridized carbons (Fsp3) is 0.487. The van der Waals surface area contributed by atoms with Crippen LogP contribution in [0, 0.1) is 5.92 Å². The molecule has 0 unspecified atom stereocenters. The van der Waals surface area contributed by atoms with Crippen LogP contribution in [0.1, 0.15) is 70.8 Å². The number of aliphatic imine (C=N–C) groups is 1. The number of likely N-dealkylation sites (tertiary alicyclic amines) is 2. The monoisotopic (exact) mass is 712 g/mol. The van der Waals surface area contributed by atoms with E-state index in [9.17, 15) is 19.2 Å². The normalized spacial score (nSPS) is 19.7. The van der Waals surface area contributed by atoms with Gasteiger partial charge in [-0.25, -0.2) is 4.79 Å². The molecule has 52 heavy (non-hydrogen) atoms. The zero-order chi connectivity index (χ0) is 36.8. The Balaban J connectivity index is 1.11. The molecule has 0 aliphatic carbocycles. The summed E-state index contributed by atoms with van der Waals surface area (Å²) in [5, 5.41) is 10.2. The van der Waals surface area contributed by atoms with Crippen LogP contribution in [0.5, 0.6) is 0 Å². The first-order valence-corrected chi connectivity index (χ1v) is 18.2. The molecule has 0 saturated carbocycles. The molecule has 13 heteroatoms. The maximum absolute atomic E-state index is 13.6. The zero-order valence-corrected chi connectivity index (χ0v) is 30.4. The van der Waals surface area contributed by atoms with E-state index < -0.39 is 18.2 Å². The number of carbonyl (C=O) groups is 4. The van der Waals surface area contributed by atoms with Gasteiger partial charge in [0.25, 0.3) is 0 Å². The van der Waals surface area contributed by atoms with Crippen LogP contribution in [0.4, 0.5) is 10.6 Å². The van der Waals surface area contributed by atoms with Gasteiger partial charge in [0, 0.05) is 57.5 Å². The summed E-state index contributed by atoms with van der Waals surface area (Å²) in [5.74, 6) is -0.213. The number of benzene rings is 2. The number of anilines is 1. The highest BCUT2D eigenvalue weighted by atomic mass is 16.5. The maximum atomic E-state index is 13.6. The number of carbonyl (C=O) groups excluding carboxylic acids is 4. The molecule has 1 aromatic heterocycles. The van der Waals surface area contributed by atoms with Gasteiger partial charge in [-0.3, -0.25) is 19.4 Å². The van der Waals surface area contributed by atoms with Crippen molar-refractivity contribution in [2.45, 2.75) is 83.3 Å². The molecule has 4 amide bonds. The third-order valence-electron chi connectivity index (χ3n) is 10.3. The summed E-state index contributed by atoms with van der Waals surface area (Å²) in [7, 11) is 2.74. The number of hydrogen-bond donors (Lipinski definition) is 2. The minimum Gasteiger partial charge on any atom is -0.453 e. The van der Waals surface area contributed by atoms with E-state index in [0.717, 1.165) is 66.6 Å². The average molecular weight is 713 g/mol. The maximum Gasteiger partial charge on any atom is 0.407 e.